The van der Waals surface area contributed by atoms with Gasteiger partial charge >= 0.3 is 5.97 Å². The Morgan fingerprint density at radius 2 is 2.13 bits per heavy atom. The second-order valence-electron chi connectivity index (χ2n) is 3.31. The predicted molar refractivity (Wildman–Crippen MR) is 55.7 cm³/mol. The van der Waals surface area contributed by atoms with Gasteiger partial charge in [0.25, 0.3) is 0 Å². The summed E-state index contributed by atoms with van der Waals surface area (Å²) in [5, 5.41) is 8.74. The first-order valence-electron chi connectivity index (χ1n) is 4.52. The summed E-state index contributed by atoms with van der Waals surface area (Å²) in [6, 6.07) is 7.02. The van der Waals surface area contributed by atoms with E-state index in [4.69, 9.17) is 5.11 Å². The maximum absolute atomic E-state index is 10.6. The highest BCUT2D eigenvalue weighted by molar-refractivity contribution is 5.86. The molecule has 0 saturated carbocycles. The van der Waals surface area contributed by atoms with Crippen molar-refractivity contribution in [3.05, 3.63) is 41.7 Å². The number of pyridine rings is 1. The maximum Gasteiger partial charge on any atom is 0.352 e. The van der Waals surface area contributed by atoms with Gasteiger partial charge in [-0.3, -0.25) is 4.98 Å². The Kier molecular flexibility index (Phi) is 2.25. The van der Waals surface area contributed by atoms with Crippen LogP contribution in [-0.4, -0.2) is 21.0 Å². The Balaban J connectivity index is 2.37. The summed E-state index contributed by atoms with van der Waals surface area (Å²) in [4.78, 5) is 17.6. The van der Waals surface area contributed by atoms with Crippen LogP contribution in [0.1, 0.15) is 16.1 Å². The lowest BCUT2D eigenvalue weighted by Gasteiger charge is -1.97. The lowest BCUT2D eigenvalue weighted by Crippen LogP contribution is -1.95. The number of nitrogens with one attached hydrogen (secondary N) is 1. The van der Waals surface area contributed by atoms with Crippen LogP contribution in [0, 0.1) is 6.92 Å². The van der Waals surface area contributed by atoms with E-state index in [2.05, 4.69) is 9.97 Å². The molecule has 0 atom stereocenters. The summed E-state index contributed by atoms with van der Waals surface area (Å²) in [5.41, 5.74) is 2.71. The van der Waals surface area contributed by atoms with E-state index >= 15 is 0 Å². The second kappa shape index (κ2) is 3.57. The van der Waals surface area contributed by atoms with Gasteiger partial charge in [-0.25, -0.2) is 4.79 Å². The third-order valence-electron chi connectivity index (χ3n) is 2.10. The number of nitrogens with zero attached hydrogens (tertiary/aromatic N) is 1. The number of aromatic carboxylic acids is 1. The number of aromatic nitrogens is 2. The topological polar surface area (TPSA) is 66.0 Å². The standard InChI is InChI=1S/C11H10N2O2/c1-7-2-3-8(12-6-7)9-4-5-10(13-9)11(14)15/h2-6,13H,1H3,(H,14,15). The van der Waals surface area contributed by atoms with Gasteiger partial charge in [0.15, 0.2) is 0 Å². The maximum atomic E-state index is 10.6. The van der Waals surface area contributed by atoms with E-state index in [0.29, 0.717) is 5.69 Å². The van der Waals surface area contributed by atoms with E-state index < -0.39 is 5.97 Å². The van der Waals surface area contributed by atoms with Crippen LogP contribution < -0.4 is 0 Å². The summed E-state index contributed by atoms with van der Waals surface area (Å²) in [6.07, 6.45) is 1.75. The molecular weight excluding hydrogens is 192 g/mol. The number of H-pyrrole nitrogens is 1. The molecular formula is C11H10N2O2. The molecule has 2 aromatic rings. The summed E-state index contributed by atoms with van der Waals surface area (Å²) in [7, 11) is 0. The van der Waals surface area contributed by atoms with Crippen molar-refractivity contribution in [2.75, 3.05) is 0 Å². The molecule has 0 amide bonds. The lowest BCUT2D eigenvalue weighted by molar-refractivity contribution is 0.0691. The fourth-order valence-corrected chi connectivity index (χ4v) is 1.30. The van der Waals surface area contributed by atoms with Crippen molar-refractivity contribution in [3.63, 3.8) is 0 Å². The number of hydrogen-bond donors (Lipinski definition) is 2. The first-order chi connectivity index (χ1) is 7.16. The number of aryl methyl sites for hydroxylation is 1. The largest absolute Gasteiger partial charge is 0.477 e. The molecule has 0 radical (unpaired) electrons. The van der Waals surface area contributed by atoms with Crippen molar-refractivity contribution < 1.29 is 9.90 Å². The molecule has 0 aliphatic rings. The molecule has 0 bridgehead atoms. The third kappa shape index (κ3) is 1.88. The van der Waals surface area contributed by atoms with Crippen molar-refractivity contribution in [2.45, 2.75) is 6.92 Å². The predicted octanol–water partition coefficient (Wildman–Crippen LogP) is 2.08. The smallest absolute Gasteiger partial charge is 0.352 e. The molecule has 0 unspecified atom stereocenters. The average Bonchev–Trinajstić information content (AvgIpc) is 2.68. The molecule has 0 fully saturated rings. The Morgan fingerprint density at radius 1 is 1.33 bits per heavy atom. The van der Waals surface area contributed by atoms with E-state index in [0.717, 1.165) is 11.3 Å². The zero-order valence-corrected chi connectivity index (χ0v) is 8.19. The molecule has 2 rings (SSSR count). The lowest BCUT2D eigenvalue weighted by atomic mass is 10.2. The Labute approximate surface area is 86.6 Å². The summed E-state index contributed by atoms with van der Waals surface area (Å²) in [5.74, 6) is -0.964. The molecule has 76 valence electrons. The van der Waals surface area contributed by atoms with Crippen molar-refractivity contribution >= 4 is 5.97 Å². The van der Waals surface area contributed by atoms with Gasteiger partial charge in [0.05, 0.1) is 11.4 Å². The van der Waals surface area contributed by atoms with Crippen molar-refractivity contribution in [2.24, 2.45) is 0 Å². The van der Waals surface area contributed by atoms with Gasteiger partial charge in [-0.05, 0) is 30.7 Å². The average molecular weight is 202 g/mol. The summed E-state index contributed by atoms with van der Waals surface area (Å²) in [6.45, 7) is 1.95. The number of carboxylic acid groups (broad SMARTS) is 1. The highest BCUT2D eigenvalue weighted by atomic mass is 16.4. The molecule has 0 spiro atoms. The van der Waals surface area contributed by atoms with Crippen LogP contribution in [0.25, 0.3) is 11.4 Å². The van der Waals surface area contributed by atoms with Gasteiger partial charge in [0.1, 0.15) is 5.69 Å². The molecule has 0 aliphatic heterocycles. The minimum atomic E-state index is -0.964. The van der Waals surface area contributed by atoms with Crippen molar-refractivity contribution in [1.29, 1.82) is 0 Å². The van der Waals surface area contributed by atoms with E-state index in [1.165, 1.54) is 6.07 Å². The van der Waals surface area contributed by atoms with Crippen molar-refractivity contribution in [1.82, 2.24) is 9.97 Å². The van der Waals surface area contributed by atoms with E-state index in [-0.39, 0.29) is 5.69 Å². The number of carbonyl (C=O) groups is 1. The minimum absolute atomic E-state index is 0.173. The number of rotatable bonds is 2. The zero-order chi connectivity index (χ0) is 10.8. The first-order valence-corrected chi connectivity index (χ1v) is 4.52. The van der Waals surface area contributed by atoms with Gasteiger partial charge < -0.3 is 10.1 Å². The Morgan fingerprint density at radius 3 is 2.67 bits per heavy atom. The molecule has 0 aliphatic carbocycles. The fraction of sp³-hybridized carbons (Fsp3) is 0.0909. The molecule has 4 heteroatoms. The van der Waals surface area contributed by atoms with Crippen LogP contribution >= 0.6 is 0 Å². The van der Waals surface area contributed by atoms with Crippen molar-refractivity contribution in [3.8, 4) is 11.4 Å². The molecule has 15 heavy (non-hydrogen) atoms. The minimum Gasteiger partial charge on any atom is -0.477 e. The number of hydrogen-bond acceptors (Lipinski definition) is 2. The van der Waals surface area contributed by atoms with E-state index in [9.17, 15) is 4.79 Å². The molecule has 0 saturated heterocycles. The normalized spacial score (nSPS) is 10.2. The van der Waals surface area contributed by atoms with E-state index in [1.54, 1.807) is 12.3 Å². The first kappa shape index (κ1) is 9.45. The van der Waals surface area contributed by atoms with Gasteiger partial charge in [0, 0.05) is 6.20 Å². The Bertz CT molecular complexity index is 486. The zero-order valence-electron chi connectivity index (χ0n) is 8.19. The van der Waals surface area contributed by atoms with Gasteiger partial charge in [-0.1, -0.05) is 6.07 Å². The highest BCUT2D eigenvalue weighted by Gasteiger charge is 2.07. The van der Waals surface area contributed by atoms with Crippen LogP contribution in [0.15, 0.2) is 30.5 Å². The summed E-state index contributed by atoms with van der Waals surface area (Å²) < 4.78 is 0. The van der Waals surface area contributed by atoms with Gasteiger partial charge in [0.2, 0.25) is 0 Å². The molecule has 0 aromatic carbocycles. The fourth-order valence-electron chi connectivity index (χ4n) is 1.30. The third-order valence-corrected chi connectivity index (χ3v) is 2.10. The quantitative estimate of drug-likeness (QED) is 0.783. The molecule has 4 nitrogen and oxygen atoms in total. The molecule has 2 aromatic heterocycles. The number of carboxylic acids is 1. The second-order valence-corrected chi connectivity index (χ2v) is 3.31. The van der Waals surface area contributed by atoms with Gasteiger partial charge in [-0.2, -0.15) is 0 Å². The van der Waals surface area contributed by atoms with Crippen LogP contribution in [0.2, 0.25) is 0 Å². The molecule has 2 N–H and O–H groups in total. The van der Waals surface area contributed by atoms with Crippen LogP contribution in [0.4, 0.5) is 0 Å². The molecule has 2 heterocycles. The SMILES string of the molecule is Cc1ccc(-c2ccc(C(=O)O)[nH]2)nc1. The Hall–Kier alpha value is -2.10. The van der Waals surface area contributed by atoms with Crippen LogP contribution in [0.5, 0.6) is 0 Å². The van der Waals surface area contributed by atoms with E-state index in [1.807, 2.05) is 19.1 Å². The highest BCUT2D eigenvalue weighted by Crippen LogP contribution is 2.16. The van der Waals surface area contributed by atoms with Crippen LogP contribution in [-0.2, 0) is 0 Å². The number of aromatic amines is 1. The van der Waals surface area contributed by atoms with Crippen LogP contribution in [0.3, 0.4) is 0 Å². The monoisotopic (exact) mass is 202 g/mol. The summed E-state index contributed by atoms with van der Waals surface area (Å²) >= 11 is 0. The van der Waals surface area contributed by atoms with Gasteiger partial charge in [-0.15, -0.1) is 0 Å².